The minimum Gasteiger partial charge on any atom is -0.461 e. The predicted octanol–water partition coefficient (Wildman–Crippen LogP) is 4.92. The monoisotopic (exact) mass is 419 g/mol. The molecule has 30 heavy (non-hydrogen) atoms. The fraction of sp³-hybridized carbons (Fsp3) is 0.391. The number of halogens is 3. The Morgan fingerprint density at radius 1 is 1.00 bits per heavy atom. The summed E-state index contributed by atoms with van der Waals surface area (Å²) in [6.45, 7) is 4.92. The van der Waals surface area contributed by atoms with E-state index in [1.807, 2.05) is 26.0 Å². The lowest BCUT2D eigenvalue weighted by Crippen LogP contribution is -2.40. The van der Waals surface area contributed by atoms with Gasteiger partial charge in [-0.3, -0.25) is 9.59 Å². The Hall–Kier alpha value is -2.83. The first-order valence-corrected chi connectivity index (χ1v) is 9.84. The zero-order valence-corrected chi connectivity index (χ0v) is 17.0. The van der Waals surface area contributed by atoms with Crippen LogP contribution >= 0.6 is 0 Å². The van der Waals surface area contributed by atoms with E-state index in [-0.39, 0.29) is 30.0 Å². The van der Waals surface area contributed by atoms with E-state index in [0.29, 0.717) is 25.9 Å². The Morgan fingerprint density at radius 2 is 1.57 bits per heavy atom. The van der Waals surface area contributed by atoms with Crippen LogP contribution in [0.15, 0.2) is 42.5 Å². The fourth-order valence-corrected chi connectivity index (χ4v) is 3.73. The third kappa shape index (κ3) is 5.40. The second-order valence-corrected chi connectivity index (χ2v) is 7.75. The first-order valence-electron chi connectivity index (χ1n) is 9.84. The minimum absolute atomic E-state index is 0.207. The molecule has 1 heterocycles. The van der Waals surface area contributed by atoms with Gasteiger partial charge in [0.1, 0.15) is 6.61 Å². The maximum absolute atomic E-state index is 12.7. The van der Waals surface area contributed by atoms with E-state index in [4.69, 9.17) is 4.74 Å². The van der Waals surface area contributed by atoms with E-state index in [9.17, 15) is 22.8 Å². The van der Waals surface area contributed by atoms with Crippen molar-refractivity contribution in [1.29, 1.82) is 0 Å². The number of carbonyl (C=O) groups excluding carboxylic acids is 2. The average molecular weight is 419 g/mol. The van der Waals surface area contributed by atoms with E-state index in [2.05, 4.69) is 6.07 Å². The van der Waals surface area contributed by atoms with Crippen LogP contribution < -0.4 is 0 Å². The number of amides is 1. The number of alkyl halides is 3. The fourth-order valence-electron chi connectivity index (χ4n) is 3.73. The summed E-state index contributed by atoms with van der Waals surface area (Å²) in [5.41, 5.74) is 2.58. The number of aryl methyl sites for hydroxylation is 2. The van der Waals surface area contributed by atoms with Crippen LogP contribution in [0.25, 0.3) is 0 Å². The molecule has 1 fully saturated rings. The zero-order valence-electron chi connectivity index (χ0n) is 17.0. The van der Waals surface area contributed by atoms with Gasteiger partial charge in [-0.15, -0.1) is 0 Å². The summed E-state index contributed by atoms with van der Waals surface area (Å²) in [7, 11) is 0. The number of piperidine rings is 1. The third-order valence-corrected chi connectivity index (χ3v) is 5.24. The molecular weight excluding hydrogens is 395 g/mol. The van der Waals surface area contributed by atoms with Crippen molar-refractivity contribution < 1.29 is 27.5 Å². The molecule has 160 valence electrons. The van der Waals surface area contributed by atoms with Crippen LogP contribution in [0.1, 0.15) is 45.5 Å². The lowest BCUT2D eigenvalue weighted by Gasteiger charge is -2.31. The van der Waals surface area contributed by atoms with Crippen molar-refractivity contribution in [1.82, 2.24) is 4.90 Å². The van der Waals surface area contributed by atoms with Crippen LogP contribution in [0, 0.1) is 19.8 Å². The van der Waals surface area contributed by atoms with Gasteiger partial charge < -0.3 is 9.64 Å². The molecule has 7 heteroatoms. The Bertz CT molecular complexity index is 894. The largest absolute Gasteiger partial charge is 0.461 e. The lowest BCUT2D eigenvalue weighted by atomic mass is 9.96. The van der Waals surface area contributed by atoms with Gasteiger partial charge in [0.15, 0.2) is 0 Å². The van der Waals surface area contributed by atoms with Gasteiger partial charge in [0.2, 0.25) is 0 Å². The molecule has 0 bridgehead atoms. The molecule has 1 amide bonds. The van der Waals surface area contributed by atoms with E-state index < -0.39 is 11.7 Å². The highest BCUT2D eigenvalue weighted by molar-refractivity contribution is 5.94. The molecule has 1 aliphatic heterocycles. The smallest absolute Gasteiger partial charge is 0.416 e. The average Bonchev–Trinajstić information content (AvgIpc) is 2.70. The van der Waals surface area contributed by atoms with E-state index >= 15 is 0 Å². The Labute approximate surface area is 173 Å². The lowest BCUT2D eigenvalue weighted by molar-refractivity contribution is -0.151. The molecule has 0 radical (unpaired) electrons. The number of esters is 1. The van der Waals surface area contributed by atoms with E-state index in [1.165, 1.54) is 12.1 Å². The molecule has 2 aromatic rings. The molecule has 1 saturated heterocycles. The first-order chi connectivity index (χ1) is 14.1. The van der Waals surface area contributed by atoms with Crippen LogP contribution in [0.2, 0.25) is 0 Å². The number of carbonyl (C=O) groups is 2. The summed E-state index contributed by atoms with van der Waals surface area (Å²) in [5, 5.41) is 0. The zero-order chi connectivity index (χ0) is 21.9. The molecule has 0 unspecified atom stereocenters. The highest BCUT2D eigenvalue weighted by Crippen LogP contribution is 2.29. The number of nitrogens with zero attached hydrogens (tertiary/aromatic N) is 1. The molecule has 0 aromatic heterocycles. The summed E-state index contributed by atoms with van der Waals surface area (Å²) >= 11 is 0. The maximum Gasteiger partial charge on any atom is 0.416 e. The van der Waals surface area contributed by atoms with Crippen LogP contribution in [-0.2, 0) is 22.3 Å². The quantitative estimate of drug-likeness (QED) is 0.661. The van der Waals surface area contributed by atoms with Crippen LogP contribution in [0.4, 0.5) is 13.2 Å². The molecule has 4 nitrogen and oxygen atoms in total. The van der Waals surface area contributed by atoms with Gasteiger partial charge >= 0.3 is 12.1 Å². The Balaban J connectivity index is 1.51. The summed E-state index contributed by atoms with van der Waals surface area (Å²) < 4.78 is 43.5. The van der Waals surface area contributed by atoms with Crippen molar-refractivity contribution >= 4 is 11.9 Å². The van der Waals surface area contributed by atoms with Gasteiger partial charge in [-0.1, -0.05) is 29.3 Å². The van der Waals surface area contributed by atoms with Crippen molar-refractivity contribution in [2.24, 2.45) is 5.92 Å². The molecule has 0 saturated carbocycles. The molecule has 0 atom stereocenters. The summed E-state index contributed by atoms with van der Waals surface area (Å²) in [6, 6.07) is 10.2. The van der Waals surface area contributed by atoms with Crippen molar-refractivity contribution in [2.75, 3.05) is 13.1 Å². The Morgan fingerprint density at radius 3 is 2.10 bits per heavy atom. The van der Waals surface area contributed by atoms with Gasteiger partial charge in [-0.25, -0.2) is 0 Å². The highest BCUT2D eigenvalue weighted by Gasteiger charge is 2.31. The maximum atomic E-state index is 12.7. The third-order valence-electron chi connectivity index (χ3n) is 5.24. The molecule has 0 N–H and O–H groups in total. The highest BCUT2D eigenvalue weighted by atomic mass is 19.4. The molecular formula is C23H24F3NO3. The minimum atomic E-state index is -4.43. The van der Waals surface area contributed by atoms with Gasteiger partial charge in [0, 0.05) is 18.7 Å². The topological polar surface area (TPSA) is 46.6 Å². The van der Waals surface area contributed by atoms with Crippen LogP contribution in [0.5, 0.6) is 0 Å². The SMILES string of the molecule is Cc1cc(C)cc(COC(=O)C2CCN(C(=O)c3ccc(C(F)(F)F)cc3)CC2)c1. The van der Waals surface area contributed by atoms with Crippen molar-refractivity contribution in [3.8, 4) is 0 Å². The molecule has 1 aliphatic rings. The summed E-state index contributed by atoms with van der Waals surface area (Å²) in [5.74, 6) is -0.894. The number of likely N-dealkylation sites (tertiary alicyclic amines) is 1. The predicted molar refractivity (Wildman–Crippen MR) is 106 cm³/mol. The summed E-state index contributed by atoms with van der Waals surface area (Å²) in [4.78, 5) is 26.5. The number of hydrogen-bond acceptors (Lipinski definition) is 3. The van der Waals surface area contributed by atoms with E-state index in [1.54, 1.807) is 4.90 Å². The van der Waals surface area contributed by atoms with Gasteiger partial charge in [-0.05, 0) is 56.5 Å². The molecule has 0 aliphatic carbocycles. The number of rotatable bonds is 4. The number of benzene rings is 2. The van der Waals surface area contributed by atoms with Gasteiger partial charge in [0.25, 0.3) is 5.91 Å². The normalized spacial score (nSPS) is 15.2. The van der Waals surface area contributed by atoms with E-state index in [0.717, 1.165) is 28.8 Å². The second-order valence-electron chi connectivity index (χ2n) is 7.75. The van der Waals surface area contributed by atoms with Crippen LogP contribution in [-0.4, -0.2) is 29.9 Å². The summed E-state index contributed by atoms with van der Waals surface area (Å²) in [6.07, 6.45) is -3.49. The Kier molecular flexibility index (Phi) is 6.48. The van der Waals surface area contributed by atoms with Crippen molar-refractivity contribution in [3.05, 3.63) is 70.3 Å². The van der Waals surface area contributed by atoms with Crippen molar-refractivity contribution in [3.63, 3.8) is 0 Å². The van der Waals surface area contributed by atoms with Crippen LogP contribution in [0.3, 0.4) is 0 Å². The first kappa shape index (κ1) is 21.9. The molecule has 2 aromatic carbocycles. The van der Waals surface area contributed by atoms with Gasteiger partial charge in [0.05, 0.1) is 11.5 Å². The molecule has 3 rings (SSSR count). The second kappa shape index (κ2) is 8.90. The number of hydrogen-bond donors (Lipinski definition) is 0. The molecule has 0 spiro atoms. The van der Waals surface area contributed by atoms with Crippen molar-refractivity contribution in [2.45, 2.75) is 39.5 Å². The van der Waals surface area contributed by atoms with Gasteiger partial charge in [-0.2, -0.15) is 13.2 Å². The standard InChI is InChI=1S/C23H24F3NO3/c1-15-11-16(2)13-17(12-15)14-30-22(29)19-7-9-27(10-8-19)21(28)18-3-5-20(6-4-18)23(24,25)26/h3-6,11-13,19H,7-10,14H2,1-2H3. The number of ether oxygens (including phenoxy) is 1.